The topological polar surface area (TPSA) is 58.6 Å². The summed E-state index contributed by atoms with van der Waals surface area (Å²) in [5, 5.41) is 3.26. The van der Waals surface area contributed by atoms with Gasteiger partial charge in [0.2, 0.25) is 0 Å². The fraction of sp³-hybridized carbons (Fsp3) is 0.241. The van der Waals surface area contributed by atoms with Crippen LogP contribution in [-0.4, -0.2) is 18.9 Å². The summed E-state index contributed by atoms with van der Waals surface area (Å²) in [5.74, 6) is -0.0799. The summed E-state index contributed by atoms with van der Waals surface area (Å²) in [6.45, 7) is 10.4. The highest BCUT2D eigenvalue weighted by atomic mass is 16.5. The molecule has 2 amide bonds. The molecule has 0 unspecified atom stereocenters. The second-order valence-corrected chi connectivity index (χ2v) is 9.66. The highest BCUT2D eigenvalue weighted by Gasteiger charge is 2.40. The molecule has 4 rings (SSSR count). The van der Waals surface area contributed by atoms with Crippen LogP contribution in [0.5, 0.6) is 5.75 Å². The van der Waals surface area contributed by atoms with Crippen LogP contribution in [0.15, 0.2) is 72.4 Å². The van der Waals surface area contributed by atoms with E-state index in [0.29, 0.717) is 17.0 Å². The highest BCUT2D eigenvalue weighted by molar-refractivity contribution is 6.46. The van der Waals surface area contributed by atoms with Gasteiger partial charge in [-0.1, -0.05) is 56.7 Å². The van der Waals surface area contributed by atoms with E-state index in [1.54, 1.807) is 31.4 Å². The molecule has 0 radical (unpaired) electrons. The van der Waals surface area contributed by atoms with Crippen molar-refractivity contribution >= 4 is 28.8 Å². The minimum atomic E-state index is -0.384. The van der Waals surface area contributed by atoms with Gasteiger partial charge in [0, 0.05) is 5.69 Å². The van der Waals surface area contributed by atoms with Gasteiger partial charge in [0.05, 0.1) is 18.4 Å². The number of benzene rings is 3. The standard InChI is InChI=1S/C29H30N2O3/c1-18-7-16-24(19(2)17-18)25-26(30-21-10-8-20(9-11-21)29(3,4)5)28(33)31(27(25)32)22-12-14-23(34-6)15-13-22/h7-17,30H,1-6H3. The molecule has 1 aliphatic rings. The molecule has 0 fully saturated rings. The van der Waals surface area contributed by atoms with Crippen LogP contribution < -0.4 is 15.0 Å². The van der Waals surface area contributed by atoms with Gasteiger partial charge >= 0.3 is 0 Å². The van der Waals surface area contributed by atoms with Crippen LogP contribution in [0.2, 0.25) is 0 Å². The van der Waals surface area contributed by atoms with Crippen molar-refractivity contribution in [1.29, 1.82) is 0 Å². The van der Waals surface area contributed by atoms with E-state index in [1.807, 2.05) is 56.3 Å². The third-order valence-corrected chi connectivity index (χ3v) is 6.09. The number of hydrogen-bond donors (Lipinski definition) is 1. The number of aryl methyl sites for hydroxylation is 2. The van der Waals surface area contributed by atoms with E-state index < -0.39 is 0 Å². The van der Waals surface area contributed by atoms with Crippen LogP contribution in [0.4, 0.5) is 11.4 Å². The fourth-order valence-electron chi connectivity index (χ4n) is 4.15. The predicted molar refractivity (Wildman–Crippen MR) is 137 cm³/mol. The van der Waals surface area contributed by atoms with E-state index in [0.717, 1.165) is 22.4 Å². The number of rotatable bonds is 5. The Labute approximate surface area is 201 Å². The Morgan fingerprint density at radius 2 is 1.47 bits per heavy atom. The largest absolute Gasteiger partial charge is 0.497 e. The fourth-order valence-corrected chi connectivity index (χ4v) is 4.15. The molecule has 5 nitrogen and oxygen atoms in total. The SMILES string of the molecule is COc1ccc(N2C(=O)C(Nc3ccc(C(C)(C)C)cc3)=C(c3ccc(C)cc3C)C2=O)cc1. The van der Waals surface area contributed by atoms with Crippen molar-refractivity contribution in [3.05, 3.63) is 94.7 Å². The van der Waals surface area contributed by atoms with Crippen molar-refractivity contribution in [3.63, 3.8) is 0 Å². The van der Waals surface area contributed by atoms with Gasteiger partial charge in [-0.2, -0.15) is 0 Å². The van der Waals surface area contributed by atoms with Gasteiger partial charge in [0.1, 0.15) is 11.4 Å². The molecule has 1 aliphatic heterocycles. The molecule has 0 bridgehead atoms. The molecular formula is C29H30N2O3. The van der Waals surface area contributed by atoms with E-state index in [4.69, 9.17) is 4.74 Å². The number of imide groups is 1. The van der Waals surface area contributed by atoms with Crippen molar-refractivity contribution in [3.8, 4) is 5.75 Å². The number of hydrogen-bond acceptors (Lipinski definition) is 4. The number of methoxy groups -OCH3 is 1. The van der Waals surface area contributed by atoms with Crippen LogP contribution >= 0.6 is 0 Å². The lowest BCUT2D eigenvalue weighted by Crippen LogP contribution is -2.32. The van der Waals surface area contributed by atoms with Gasteiger partial charge in [-0.05, 0) is 72.4 Å². The van der Waals surface area contributed by atoms with E-state index in [9.17, 15) is 9.59 Å². The summed E-state index contributed by atoms with van der Waals surface area (Å²) in [4.78, 5) is 28.5. The number of nitrogens with zero attached hydrogens (tertiary/aromatic N) is 1. The van der Waals surface area contributed by atoms with Crippen molar-refractivity contribution in [2.24, 2.45) is 0 Å². The van der Waals surface area contributed by atoms with Crippen LogP contribution in [-0.2, 0) is 15.0 Å². The Morgan fingerprint density at radius 1 is 0.824 bits per heavy atom. The first-order valence-electron chi connectivity index (χ1n) is 11.3. The molecule has 3 aromatic rings. The maximum Gasteiger partial charge on any atom is 0.282 e. The predicted octanol–water partition coefficient (Wildman–Crippen LogP) is 6.01. The van der Waals surface area contributed by atoms with E-state index in [1.165, 1.54) is 10.5 Å². The number of carbonyl (C=O) groups excluding carboxylic acids is 2. The second-order valence-electron chi connectivity index (χ2n) is 9.66. The summed E-state index contributed by atoms with van der Waals surface area (Å²) >= 11 is 0. The highest BCUT2D eigenvalue weighted by Crippen LogP contribution is 2.36. The molecule has 0 saturated carbocycles. The smallest absolute Gasteiger partial charge is 0.282 e. The minimum Gasteiger partial charge on any atom is -0.497 e. The zero-order chi connectivity index (χ0) is 24.6. The minimum absolute atomic E-state index is 0.0201. The molecule has 3 aromatic carbocycles. The Hall–Kier alpha value is -3.86. The zero-order valence-electron chi connectivity index (χ0n) is 20.5. The van der Waals surface area contributed by atoms with Crippen molar-refractivity contribution in [2.45, 2.75) is 40.0 Å². The lowest BCUT2D eigenvalue weighted by atomic mass is 9.87. The van der Waals surface area contributed by atoms with Crippen LogP contribution in [0.3, 0.4) is 0 Å². The average molecular weight is 455 g/mol. The first kappa shape index (κ1) is 23.3. The first-order chi connectivity index (χ1) is 16.1. The summed E-state index contributed by atoms with van der Waals surface area (Å²) in [7, 11) is 1.58. The van der Waals surface area contributed by atoms with Gasteiger partial charge in [0.15, 0.2) is 0 Å². The molecule has 1 heterocycles. The molecule has 0 saturated heterocycles. The molecule has 174 valence electrons. The molecule has 0 atom stereocenters. The number of nitrogens with one attached hydrogen (secondary N) is 1. The summed E-state index contributed by atoms with van der Waals surface area (Å²) in [5.41, 5.74) is 5.89. The molecule has 0 spiro atoms. The maximum atomic E-state index is 13.7. The van der Waals surface area contributed by atoms with Crippen LogP contribution in [0.25, 0.3) is 5.57 Å². The third-order valence-electron chi connectivity index (χ3n) is 6.09. The summed E-state index contributed by atoms with van der Waals surface area (Å²) in [6.07, 6.45) is 0. The van der Waals surface area contributed by atoms with E-state index >= 15 is 0 Å². The molecule has 5 heteroatoms. The molecule has 0 aromatic heterocycles. The Morgan fingerprint density at radius 3 is 2.03 bits per heavy atom. The van der Waals surface area contributed by atoms with Gasteiger partial charge in [0.25, 0.3) is 11.8 Å². The number of carbonyl (C=O) groups is 2. The van der Waals surface area contributed by atoms with Crippen LogP contribution in [0.1, 0.15) is 43.0 Å². The van der Waals surface area contributed by atoms with Crippen molar-refractivity contribution < 1.29 is 14.3 Å². The van der Waals surface area contributed by atoms with Gasteiger partial charge in [-0.3, -0.25) is 9.59 Å². The lowest BCUT2D eigenvalue weighted by Gasteiger charge is -2.19. The molecule has 34 heavy (non-hydrogen) atoms. The quantitative estimate of drug-likeness (QED) is 0.480. The van der Waals surface area contributed by atoms with Crippen LogP contribution in [0, 0.1) is 13.8 Å². The Kier molecular flexibility index (Phi) is 6.05. The second kappa shape index (κ2) is 8.82. The monoisotopic (exact) mass is 454 g/mol. The Balaban J connectivity index is 1.79. The average Bonchev–Trinajstić information content (AvgIpc) is 3.03. The molecule has 0 aliphatic carbocycles. The summed E-state index contributed by atoms with van der Waals surface area (Å²) < 4.78 is 5.23. The van der Waals surface area contributed by atoms with Gasteiger partial charge in [-0.25, -0.2) is 4.90 Å². The molecular weight excluding hydrogens is 424 g/mol. The number of amides is 2. The normalized spacial score (nSPS) is 14.1. The zero-order valence-corrected chi connectivity index (χ0v) is 20.5. The third kappa shape index (κ3) is 4.34. The van der Waals surface area contributed by atoms with E-state index in [2.05, 4.69) is 26.1 Å². The Bertz CT molecular complexity index is 1280. The van der Waals surface area contributed by atoms with Gasteiger partial charge in [-0.15, -0.1) is 0 Å². The summed E-state index contributed by atoms with van der Waals surface area (Å²) in [6, 6.07) is 20.8. The van der Waals surface area contributed by atoms with E-state index in [-0.39, 0.29) is 22.9 Å². The lowest BCUT2D eigenvalue weighted by molar-refractivity contribution is -0.120. The maximum absolute atomic E-state index is 13.7. The van der Waals surface area contributed by atoms with Crippen molar-refractivity contribution in [1.82, 2.24) is 0 Å². The first-order valence-corrected chi connectivity index (χ1v) is 11.3. The van der Waals surface area contributed by atoms with Gasteiger partial charge < -0.3 is 10.1 Å². The number of anilines is 2. The van der Waals surface area contributed by atoms with Crippen molar-refractivity contribution in [2.75, 3.05) is 17.3 Å². The molecule has 1 N–H and O–H groups in total. The number of ether oxygens (including phenoxy) is 1.